The van der Waals surface area contributed by atoms with Crippen LogP contribution in [0.2, 0.25) is 0 Å². The molecule has 0 spiro atoms. The summed E-state index contributed by atoms with van der Waals surface area (Å²) in [7, 11) is 0.542. The molecule has 0 atom stereocenters. The van der Waals surface area contributed by atoms with Crippen LogP contribution in [0.5, 0.6) is 0 Å². The Morgan fingerprint density at radius 3 is 2.25 bits per heavy atom. The van der Waals surface area contributed by atoms with Gasteiger partial charge in [-0.1, -0.05) is 0 Å². The SMILES string of the molecule is O[B]OBr. The molecule has 0 saturated carbocycles. The van der Waals surface area contributed by atoms with E-state index in [2.05, 4.69) is 20.0 Å². The van der Waals surface area contributed by atoms with E-state index in [9.17, 15) is 0 Å². The second-order valence-electron chi connectivity index (χ2n) is 0.194. The molecule has 4 heavy (non-hydrogen) atoms. The van der Waals surface area contributed by atoms with Crippen molar-refractivity contribution in [2.24, 2.45) is 0 Å². The van der Waals surface area contributed by atoms with E-state index >= 15 is 0 Å². The van der Waals surface area contributed by atoms with E-state index in [-0.39, 0.29) is 0 Å². The zero-order chi connectivity index (χ0) is 3.41. The molecular formula is HBBrO2. The van der Waals surface area contributed by atoms with E-state index in [0.29, 0.717) is 7.69 Å². The van der Waals surface area contributed by atoms with Gasteiger partial charge in [-0.05, 0) is 0 Å². The molecule has 4 heteroatoms. The van der Waals surface area contributed by atoms with Crippen molar-refractivity contribution in [3.05, 3.63) is 0 Å². The monoisotopic (exact) mass is 123 g/mol. The topological polar surface area (TPSA) is 29.5 Å². The number of hydrogen-bond donors (Lipinski definition) is 1. The Bertz CT molecular complexity index is 8.00. The Morgan fingerprint density at radius 1 is 2.00 bits per heavy atom. The highest BCUT2D eigenvalue weighted by molar-refractivity contribution is 9.06. The zero-order valence-corrected chi connectivity index (χ0v) is 3.40. The third-order valence-corrected chi connectivity index (χ3v) is 0.207. The van der Waals surface area contributed by atoms with Crippen molar-refractivity contribution in [1.82, 2.24) is 0 Å². The van der Waals surface area contributed by atoms with Crippen LogP contribution in [0.4, 0.5) is 0 Å². The molecule has 0 aliphatic carbocycles. The average Bonchev–Trinajstić information content (AvgIpc) is 1.37. The number of halogens is 1. The first-order valence-electron chi connectivity index (χ1n) is 0.648. The second-order valence-corrected chi connectivity index (χ2v) is 0.568. The number of rotatable bonds is 1. The van der Waals surface area contributed by atoms with Crippen LogP contribution >= 0.6 is 16.3 Å². The molecule has 0 aromatic rings. The fourth-order valence-electron chi connectivity index (χ4n) is 0. The minimum atomic E-state index is 0.542. The van der Waals surface area contributed by atoms with Crippen LogP contribution in [-0.2, 0) is 3.75 Å². The van der Waals surface area contributed by atoms with Gasteiger partial charge in [-0.3, -0.25) is 0 Å². The summed E-state index contributed by atoms with van der Waals surface area (Å²) in [5.41, 5.74) is 0. The Hall–Kier alpha value is 0.465. The molecule has 0 bridgehead atoms. The van der Waals surface area contributed by atoms with E-state index in [1.54, 1.807) is 0 Å². The third kappa shape index (κ3) is 2.46. The lowest BCUT2D eigenvalue weighted by Gasteiger charge is -1.66. The molecular weight excluding hydrogens is 123 g/mol. The molecule has 0 saturated heterocycles. The van der Waals surface area contributed by atoms with Crippen molar-refractivity contribution >= 4 is 23.9 Å². The van der Waals surface area contributed by atoms with Crippen molar-refractivity contribution in [3.63, 3.8) is 0 Å². The van der Waals surface area contributed by atoms with Gasteiger partial charge in [-0.25, -0.2) is 0 Å². The molecule has 0 heterocycles. The van der Waals surface area contributed by atoms with Gasteiger partial charge in [0.05, 0.1) is 16.3 Å². The highest BCUT2D eigenvalue weighted by Crippen LogP contribution is 1.71. The summed E-state index contributed by atoms with van der Waals surface area (Å²) in [4.78, 5) is 0. The Kier molecular flexibility index (Phi) is 3.87. The minimum absolute atomic E-state index is 0.542. The molecule has 0 aliphatic rings. The van der Waals surface area contributed by atoms with E-state index in [1.165, 1.54) is 0 Å². The molecule has 23 valence electrons. The first-order chi connectivity index (χ1) is 1.91. The quantitative estimate of drug-likeness (QED) is 0.492. The van der Waals surface area contributed by atoms with Gasteiger partial charge in [0.15, 0.2) is 0 Å². The maximum Gasteiger partial charge on any atom is 0.496 e. The first kappa shape index (κ1) is 4.46. The molecule has 2 nitrogen and oxygen atoms in total. The molecule has 0 fully saturated rings. The zero-order valence-electron chi connectivity index (χ0n) is 1.81. The van der Waals surface area contributed by atoms with Crippen LogP contribution in [0.15, 0.2) is 0 Å². The lowest BCUT2D eigenvalue weighted by Crippen LogP contribution is -1.79. The largest absolute Gasteiger partial charge is 0.496 e. The minimum Gasteiger partial charge on any atom is -0.429 e. The predicted molar refractivity (Wildman–Crippen MR) is 18.0 cm³/mol. The summed E-state index contributed by atoms with van der Waals surface area (Å²) in [6, 6.07) is 0. The summed E-state index contributed by atoms with van der Waals surface area (Å²) in [5.74, 6) is 0. The van der Waals surface area contributed by atoms with Gasteiger partial charge < -0.3 is 8.77 Å². The Morgan fingerprint density at radius 2 is 2.25 bits per heavy atom. The van der Waals surface area contributed by atoms with Gasteiger partial charge in [0.2, 0.25) is 0 Å². The van der Waals surface area contributed by atoms with E-state index < -0.39 is 0 Å². The molecule has 0 amide bonds. The van der Waals surface area contributed by atoms with Crippen molar-refractivity contribution < 1.29 is 8.77 Å². The predicted octanol–water partition coefficient (Wildman–Crippen LogP) is -0.161. The molecule has 0 unspecified atom stereocenters. The molecule has 0 rings (SSSR count). The highest BCUT2D eigenvalue weighted by atomic mass is 79.9. The van der Waals surface area contributed by atoms with Crippen LogP contribution in [-0.4, -0.2) is 12.7 Å². The van der Waals surface area contributed by atoms with Crippen LogP contribution in [0.3, 0.4) is 0 Å². The maximum atomic E-state index is 7.48. The van der Waals surface area contributed by atoms with Gasteiger partial charge in [-0.2, -0.15) is 0 Å². The van der Waals surface area contributed by atoms with Crippen molar-refractivity contribution in [2.75, 3.05) is 0 Å². The van der Waals surface area contributed by atoms with Gasteiger partial charge >= 0.3 is 7.69 Å². The van der Waals surface area contributed by atoms with Crippen LogP contribution in [0.1, 0.15) is 0 Å². The van der Waals surface area contributed by atoms with Gasteiger partial charge in [0.25, 0.3) is 0 Å². The summed E-state index contributed by atoms with van der Waals surface area (Å²) in [5, 5.41) is 7.48. The van der Waals surface area contributed by atoms with E-state index in [4.69, 9.17) is 5.02 Å². The average molecular weight is 124 g/mol. The number of hydrogen-bond acceptors (Lipinski definition) is 2. The lowest BCUT2D eigenvalue weighted by atomic mass is 10.5. The smallest absolute Gasteiger partial charge is 0.429 e. The standard InChI is InChI=1S/BBrHO2/c2-4-1-3/h3H. The summed E-state index contributed by atoms with van der Waals surface area (Å²) in [6.07, 6.45) is 0. The Balaban J connectivity index is 1.97. The fraction of sp³-hybridized carbons (Fsp3) is 0. The molecule has 1 radical (unpaired) electrons. The van der Waals surface area contributed by atoms with Crippen molar-refractivity contribution in [3.8, 4) is 0 Å². The molecule has 0 aromatic carbocycles. The highest BCUT2D eigenvalue weighted by Gasteiger charge is 1.69. The van der Waals surface area contributed by atoms with Crippen molar-refractivity contribution in [2.45, 2.75) is 0 Å². The van der Waals surface area contributed by atoms with Crippen molar-refractivity contribution in [1.29, 1.82) is 0 Å². The van der Waals surface area contributed by atoms with E-state index in [0.717, 1.165) is 0 Å². The molecule has 0 aromatic heterocycles. The van der Waals surface area contributed by atoms with E-state index in [1.807, 2.05) is 0 Å². The fourth-order valence-corrected chi connectivity index (χ4v) is 0. The van der Waals surface area contributed by atoms with Gasteiger partial charge in [0.1, 0.15) is 0 Å². The van der Waals surface area contributed by atoms with Gasteiger partial charge in [0, 0.05) is 0 Å². The van der Waals surface area contributed by atoms with Crippen LogP contribution < -0.4 is 0 Å². The first-order valence-corrected chi connectivity index (χ1v) is 1.30. The third-order valence-electron chi connectivity index (χ3n) is 0.0398. The van der Waals surface area contributed by atoms with Crippen LogP contribution in [0.25, 0.3) is 0 Å². The summed E-state index contributed by atoms with van der Waals surface area (Å²) >= 11 is 2.44. The second kappa shape index (κ2) is 3.46. The van der Waals surface area contributed by atoms with Gasteiger partial charge in [-0.15, -0.1) is 0 Å². The maximum absolute atomic E-state index is 7.48. The van der Waals surface area contributed by atoms with Crippen LogP contribution in [0, 0.1) is 0 Å². The lowest BCUT2D eigenvalue weighted by molar-refractivity contribution is 0.502. The molecule has 0 aliphatic heterocycles. The summed E-state index contributed by atoms with van der Waals surface area (Å²) in [6.45, 7) is 0. The summed E-state index contributed by atoms with van der Waals surface area (Å²) < 4.78 is 3.78. The normalized spacial score (nSPS) is 6.50. The Labute approximate surface area is 33.5 Å². The molecule has 1 N–H and O–H groups in total.